The summed E-state index contributed by atoms with van der Waals surface area (Å²) in [6.07, 6.45) is 6.64. The second-order valence-electron chi connectivity index (χ2n) is 3.38. The lowest BCUT2D eigenvalue weighted by Crippen LogP contribution is -2.12. The van der Waals surface area contributed by atoms with Crippen molar-refractivity contribution in [3.63, 3.8) is 0 Å². The Morgan fingerprint density at radius 1 is 1.50 bits per heavy atom. The predicted molar refractivity (Wildman–Crippen MR) is 65.7 cm³/mol. The number of H-pyrrole nitrogens is 1. The molecular formula is C9H11IN2OS. The summed E-state index contributed by atoms with van der Waals surface area (Å²) in [7, 11) is 0. The smallest absolute Gasteiger partial charge is 0.265 e. The topological polar surface area (TPSA) is 45.8 Å². The number of aromatic nitrogens is 2. The molecule has 0 amide bonds. The van der Waals surface area contributed by atoms with Gasteiger partial charge in [-0.15, -0.1) is 11.8 Å². The van der Waals surface area contributed by atoms with Gasteiger partial charge in [0.2, 0.25) is 0 Å². The number of thioether (sulfide) groups is 1. The first-order valence-corrected chi connectivity index (χ1v) is 6.63. The molecule has 0 saturated heterocycles. The van der Waals surface area contributed by atoms with Gasteiger partial charge in [-0.05, 0) is 35.4 Å². The molecular weight excluding hydrogens is 311 g/mol. The van der Waals surface area contributed by atoms with Crippen LogP contribution in [0.1, 0.15) is 25.7 Å². The first kappa shape index (κ1) is 10.5. The molecule has 1 aromatic rings. The summed E-state index contributed by atoms with van der Waals surface area (Å²) in [6.45, 7) is 0. The summed E-state index contributed by atoms with van der Waals surface area (Å²) in [5.74, 6) is 0. The second-order valence-corrected chi connectivity index (χ2v) is 5.74. The molecule has 1 N–H and O–H groups in total. The molecule has 2 rings (SSSR count). The summed E-state index contributed by atoms with van der Waals surface area (Å²) < 4.78 is 0.724. The largest absolute Gasteiger partial charge is 0.312 e. The van der Waals surface area contributed by atoms with Crippen molar-refractivity contribution >= 4 is 34.4 Å². The van der Waals surface area contributed by atoms with E-state index in [0.717, 1.165) is 8.60 Å². The van der Waals surface area contributed by atoms with Crippen LogP contribution in [-0.4, -0.2) is 15.2 Å². The van der Waals surface area contributed by atoms with Gasteiger partial charge in [-0.1, -0.05) is 12.8 Å². The Hall–Kier alpha value is -0.0400. The van der Waals surface area contributed by atoms with Crippen molar-refractivity contribution in [2.24, 2.45) is 0 Å². The Kier molecular flexibility index (Phi) is 3.48. The highest BCUT2D eigenvalue weighted by Gasteiger charge is 2.18. The number of aromatic amines is 1. The van der Waals surface area contributed by atoms with Gasteiger partial charge in [0.05, 0.1) is 6.33 Å². The van der Waals surface area contributed by atoms with Crippen molar-refractivity contribution in [3.8, 4) is 0 Å². The zero-order valence-electron chi connectivity index (χ0n) is 7.62. The summed E-state index contributed by atoms with van der Waals surface area (Å²) in [4.78, 5) is 18.1. The lowest BCUT2D eigenvalue weighted by molar-refractivity contribution is 0.886. The van der Waals surface area contributed by atoms with E-state index in [1.54, 1.807) is 11.8 Å². The van der Waals surface area contributed by atoms with Crippen LogP contribution >= 0.6 is 34.4 Å². The van der Waals surface area contributed by atoms with Gasteiger partial charge >= 0.3 is 0 Å². The van der Waals surface area contributed by atoms with Gasteiger partial charge in [0, 0.05) is 5.25 Å². The van der Waals surface area contributed by atoms with Crippen LogP contribution in [0.3, 0.4) is 0 Å². The van der Waals surface area contributed by atoms with E-state index in [4.69, 9.17) is 0 Å². The quantitative estimate of drug-likeness (QED) is 0.672. The molecule has 1 saturated carbocycles. The number of rotatable bonds is 2. The molecule has 0 unspecified atom stereocenters. The third-order valence-electron chi connectivity index (χ3n) is 2.35. The molecule has 1 fully saturated rings. The first-order chi connectivity index (χ1) is 6.77. The van der Waals surface area contributed by atoms with Gasteiger partial charge in [0.25, 0.3) is 5.56 Å². The van der Waals surface area contributed by atoms with Gasteiger partial charge < -0.3 is 4.98 Å². The van der Waals surface area contributed by atoms with Crippen LogP contribution in [0.2, 0.25) is 0 Å². The average Bonchev–Trinajstić information content (AvgIpc) is 2.66. The van der Waals surface area contributed by atoms with Crippen molar-refractivity contribution < 1.29 is 0 Å². The summed E-state index contributed by atoms with van der Waals surface area (Å²) >= 11 is 3.82. The van der Waals surface area contributed by atoms with Crippen molar-refractivity contribution in [2.45, 2.75) is 36.0 Å². The van der Waals surface area contributed by atoms with E-state index in [1.165, 1.54) is 32.0 Å². The van der Waals surface area contributed by atoms with Gasteiger partial charge in [-0.2, -0.15) is 0 Å². The number of nitrogens with one attached hydrogen (secondary N) is 1. The van der Waals surface area contributed by atoms with Crippen LogP contribution in [-0.2, 0) is 0 Å². The summed E-state index contributed by atoms with van der Waals surface area (Å²) in [6, 6.07) is 0. The molecule has 0 atom stereocenters. The van der Waals surface area contributed by atoms with Crippen LogP contribution in [0.4, 0.5) is 0 Å². The van der Waals surface area contributed by atoms with E-state index in [-0.39, 0.29) is 5.56 Å². The van der Waals surface area contributed by atoms with Crippen LogP contribution in [0.15, 0.2) is 16.1 Å². The SMILES string of the molecule is O=c1[nH]cnc(SC2CCCC2)c1I. The van der Waals surface area contributed by atoms with Crippen molar-refractivity contribution in [3.05, 3.63) is 20.3 Å². The van der Waals surface area contributed by atoms with Crippen LogP contribution in [0.25, 0.3) is 0 Å². The maximum atomic E-state index is 11.3. The van der Waals surface area contributed by atoms with Crippen LogP contribution in [0.5, 0.6) is 0 Å². The van der Waals surface area contributed by atoms with Gasteiger partial charge in [-0.3, -0.25) is 4.79 Å². The minimum atomic E-state index is -0.0268. The molecule has 0 aromatic carbocycles. The number of hydrogen-bond donors (Lipinski definition) is 1. The molecule has 0 radical (unpaired) electrons. The van der Waals surface area contributed by atoms with E-state index >= 15 is 0 Å². The predicted octanol–water partition coefficient (Wildman–Crippen LogP) is 2.41. The Morgan fingerprint density at radius 3 is 2.93 bits per heavy atom. The van der Waals surface area contributed by atoms with E-state index < -0.39 is 0 Å². The Bertz CT molecular complexity index is 373. The minimum absolute atomic E-state index is 0.0268. The average molecular weight is 322 g/mol. The fourth-order valence-electron chi connectivity index (χ4n) is 1.61. The monoisotopic (exact) mass is 322 g/mol. The molecule has 1 heterocycles. The molecule has 76 valence electrons. The molecule has 1 aromatic heterocycles. The highest BCUT2D eigenvalue weighted by Crippen LogP contribution is 2.34. The zero-order valence-corrected chi connectivity index (χ0v) is 10.6. The van der Waals surface area contributed by atoms with Crippen molar-refractivity contribution in [2.75, 3.05) is 0 Å². The van der Waals surface area contributed by atoms with E-state index in [0.29, 0.717) is 5.25 Å². The molecule has 0 spiro atoms. The number of hydrogen-bond acceptors (Lipinski definition) is 3. The molecule has 0 bridgehead atoms. The van der Waals surface area contributed by atoms with Gasteiger partial charge in [-0.25, -0.2) is 4.98 Å². The van der Waals surface area contributed by atoms with Gasteiger partial charge in [0.15, 0.2) is 0 Å². The number of halogens is 1. The third-order valence-corrected chi connectivity index (χ3v) is 5.05. The molecule has 5 heteroatoms. The van der Waals surface area contributed by atoms with Gasteiger partial charge in [0.1, 0.15) is 8.60 Å². The summed E-state index contributed by atoms with van der Waals surface area (Å²) in [5, 5.41) is 1.55. The third kappa shape index (κ3) is 2.31. The Labute approximate surface area is 100 Å². The van der Waals surface area contributed by atoms with E-state index in [9.17, 15) is 4.79 Å². The zero-order chi connectivity index (χ0) is 9.97. The maximum Gasteiger partial charge on any atom is 0.265 e. The molecule has 1 aliphatic rings. The second kappa shape index (κ2) is 4.65. The normalized spacial score (nSPS) is 17.5. The maximum absolute atomic E-state index is 11.3. The highest BCUT2D eigenvalue weighted by atomic mass is 127. The Balaban J connectivity index is 2.15. The fraction of sp³-hybridized carbons (Fsp3) is 0.556. The Morgan fingerprint density at radius 2 is 2.21 bits per heavy atom. The van der Waals surface area contributed by atoms with Crippen molar-refractivity contribution in [1.82, 2.24) is 9.97 Å². The highest BCUT2D eigenvalue weighted by molar-refractivity contribution is 14.1. The van der Waals surface area contributed by atoms with E-state index in [1.807, 2.05) is 0 Å². The molecule has 0 aliphatic heterocycles. The fourth-order valence-corrected chi connectivity index (χ4v) is 3.48. The van der Waals surface area contributed by atoms with E-state index in [2.05, 4.69) is 32.6 Å². The van der Waals surface area contributed by atoms with Crippen molar-refractivity contribution in [1.29, 1.82) is 0 Å². The minimum Gasteiger partial charge on any atom is -0.312 e. The standard InChI is InChI=1S/C9H11IN2OS/c10-7-8(13)11-5-12-9(7)14-6-3-1-2-4-6/h5-6H,1-4H2,(H,11,12,13). The van der Waals surface area contributed by atoms with Crippen LogP contribution in [0, 0.1) is 3.57 Å². The molecule has 3 nitrogen and oxygen atoms in total. The lowest BCUT2D eigenvalue weighted by atomic mass is 10.4. The first-order valence-electron chi connectivity index (χ1n) is 4.67. The lowest BCUT2D eigenvalue weighted by Gasteiger charge is -2.07. The number of nitrogens with zero attached hydrogens (tertiary/aromatic N) is 1. The molecule has 14 heavy (non-hydrogen) atoms. The molecule has 1 aliphatic carbocycles. The van der Waals surface area contributed by atoms with Crippen LogP contribution < -0.4 is 5.56 Å². The summed E-state index contributed by atoms with van der Waals surface area (Å²) in [5.41, 5.74) is -0.0268.